The Morgan fingerprint density at radius 1 is 1.17 bits per heavy atom. The molecular formula is C12H12Br2N2O2. The predicted octanol–water partition coefficient (Wildman–Crippen LogP) is 2.48. The van der Waals surface area contributed by atoms with Crippen LogP contribution in [0, 0.1) is 0 Å². The van der Waals surface area contributed by atoms with Crippen LogP contribution in [0.1, 0.15) is 17.3 Å². The minimum atomic E-state index is -0.971. The first kappa shape index (κ1) is 13.5. The first-order valence-electron chi connectivity index (χ1n) is 5.42. The molecule has 1 aromatic rings. The highest BCUT2D eigenvalue weighted by Crippen LogP contribution is 2.38. The molecule has 0 radical (unpaired) electrons. The quantitative estimate of drug-likeness (QED) is 0.629. The van der Waals surface area contributed by atoms with Crippen LogP contribution < -0.4 is 10.6 Å². The summed E-state index contributed by atoms with van der Waals surface area (Å²) in [5, 5.41) is 4.91. The summed E-state index contributed by atoms with van der Waals surface area (Å²) in [6, 6.07) is 9.26. The molecule has 3 amide bonds. The maximum atomic E-state index is 11.8. The molecule has 1 saturated heterocycles. The maximum absolute atomic E-state index is 11.8. The molecule has 1 heterocycles. The van der Waals surface area contributed by atoms with Crippen molar-refractivity contribution in [2.45, 2.75) is 22.1 Å². The summed E-state index contributed by atoms with van der Waals surface area (Å²) in [5.41, 5.74) is 0.0655. The standard InChI is InChI=1S/C12H12Br2N2O2/c1-12(10(17)15-11(18)16-12)9(14)8(13)7-5-3-2-4-6-7/h2-6,8-9H,1H3,(H2,15,16,17,18). The monoisotopic (exact) mass is 374 g/mol. The number of alkyl halides is 2. The van der Waals surface area contributed by atoms with Crippen LogP contribution in [0.3, 0.4) is 0 Å². The van der Waals surface area contributed by atoms with Gasteiger partial charge in [0, 0.05) is 0 Å². The molecule has 0 aliphatic carbocycles. The first-order chi connectivity index (χ1) is 8.45. The zero-order chi connectivity index (χ0) is 13.3. The van der Waals surface area contributed by atoms with E-state index >= 15 is 0 Å². The smallest absolute Gasteiger partial charge is 0.322 e. The van der Waals surface area contributed by atoms with Crippen molar-refractivity contribution in [1.29, 1.82) is 0 Å². The summed E-state index contributed by atoms with van der Waals surface area (Å²) < 4.78 is 0. The molecule has 2 rings (SSSR count). The normalized spacial score (nSPS) is 26.4. The molecule has 96 valence electrons. The average molecular weight is 376 g/mol. The van der Waals surface area contributed by atoms with E-state index in [4.69, 9.17) is 0 Å². The number of hydrogen-bond donors (Lipinski definition) is 2. The van der Waals surface area contributed by atoms with Crippen LogP contribution in [-0.2, 0) is 4.79 Å². The second-order valence-electron chi connectivity index (χ2n) is 4.32. The molecule has 3 atom stereocenters. The molecule has 1 aliphatic heterocycles. The van der Waals surface area contributed by atoms with Gasteiger partial charge in [0.15, 0.2) is 0 Å². The highest BCUT2D eigenvalue weighted by Gasteiger charge is 2.49. The summed E-state index contributed by atoms with van der Waals surface area (Å²) in [4.78, 5) is 22.7. The van der Waals surface area contributed by atoms with E-state index in [-0.39, 0.29) is 15.6 Å². The van der Waals surface area contributed by atoms with E-state index in [0.29, 0.717) is 0 Å². The summed E-state index contributed by atoms with van der Waals surface area (Å²) in [5.74, 6) is -0.324. The lowest BCUT2D eigenvalue weighted by Crippen LogP contribution is -2.52. The highest BCUT2D eigenvalue weighted by atomic mass is 79.9. The van der Waals surface area contributed by atoms with Crippen molar-refractivity contribution in [3.63, 3.8) is 0 Å². The van der Waals surface area contributed by atoms with Crippen molar-refractivity contribution >= 4 is 43.8 Å². The zero-order valence-electron chi connectivity index (χ0n) is 9.61. The van der Waals surface area contributed by atoms with Crippen molar-refractivity contribution in [2.24, 2.45) is 0 Å². The van der Waals surface area contributed by atoms with Crippen LogP contribution in [0.2, 0.25) is 0 Å². The number of imide groups is 1. The molecule has 1 aliphatic rings. The van der Waals surface area contributed by atoms with Gasteiger partial charge in [0.25, 0.3) is 5.91 Å². The van der Waals surface area contributed by atoms with Gasteiger partial charge in [0.05, 0.1) is 9.65 Å². The molecule has 4 nitrogen and oxygen atoms in total. The largest absolute Gasteiger partial charge is 0.322 e. The third kappa shape index (κ3) is 2.31. The van der Waals surface area contributed by atoms with Crippen LogP contribution in [0.4, 0.5) is 4.79 Å². The fourth-order valence-electron chi connectivity index (χ4n) is 1.85. The number of amides is 3. The Morgan fingerprint density at radius 2 is 1.78 bits per heavy atom. The van der Waals surface area contributed by atoms with E-state index in [1.165, 1.54) is 0 Å². The van der Waals surface area contributed by atoms with Crippen LogP contribution in [0.5, 0.6) is 0 Å². The van der Waals surface area contributed by atoms with E-state index in [1.807, 2.05) is 30.3 Å². The van der Waals surface area contributed by atoms with Gasteiger partial charge in [-0.25, -0.2) is 4.79 Å². The van der Waals surface area contributed by atoms with Crippen LogP contribution >= 0.6 is 31.9 Å². The summed E-state index contributed by atoms with van der Waals surface area (Å²) in [7, 11) is 0. The van der Waals surface area contributed by atoms with E-state index in [2.05, 4.69) is 42.5 Å². The molecule has 3 unspecified atom stereocenters. The van der Waals surface area contributed by atoms with Crippen LogP contribution in [0.25, 0.3) is 0 Å². The summed E-state index contributed by atoms with van der Waals surface area (Å²) in [6.45, 7) is 1.70. The molecule has 0 spiro atoms. The maximum Gasteiger partial charge on any atom is 0.322 e. The van der Waals surface area contributed by atoms with Crippen molar-refractivity contribution in [3.05, 3.63) is 35.9 Å². The van der Waals surface area contributed by atoms with Gasteiger partial charge in [0.1, 0.15) is 5.54 Å². The Hall–Kier alpha value is -0.880. The summed E-state index contributed by atoms with van der Waals surface area (Å²) in [6.07, 6.45) is 0. The average Bonchev–Trinajstić information content (AvgIpc) is 2.63. The van der Waals surface area contributed by atoms with Gasteiger partial charge in [-0.2, -0.15) is 0 Å². The fraction of sp³-hybridized carbons (Fsp3) is 0.333. The molecular weight excluding hydrogens is 364 g/mol. The van der Waals surface area contributed by atoms with Gasteiger partial charge in [-0.1, -0.05) is 62.2 Å². The number of hydrogen-bond acceptors (Lipinski definition) is 2. The molecule has 2 N–H and O–H groups in total. The number of carbonyl (C=O) groups is 2. The van der Waals surface area contributed by atoms with E-state index < -0.39 is 11.6 Å². The van der Waals surface area contributed by atoms with E-state index in [0.717, 1.165) is 5.56 Å². The molecule has 18 heavy (non-hydrogen) atoms. The van der Waals surface area contributed by atoms with Gasteiger partial charge in [-0.3, -0.25) is 10.1 Å². The first-order valence-corrected chi connectivity index (χ1v) is 7.25. The molecule has 6 heteroatoms. The number of halogens is 2. The third-order valence-corrected chi connectivity index (χ3v) is 6.21. The lowest BCUT2D eigenvalue weighted by atomic mass is 9.93. The van der Waals surface area contributed by atoms with E-state index in [9.17, 15) is 9.59 Å². The molecule has 0 bridgehead atoms. The van der Waals surface area contributed by atoms with Gasteiger partial charge in [-0.05, 0) is 12.5 Å². The number of nitrogens with one attached hydrogen (secondary N) is 2. The van der Waals surface area contributed by atoms with Gasteiger partial charge < -0.3 is 5.32 Å². The minimum Gasteiger partial charge on any atom is -0.322 e. The summed E-state index contributed by atoms with van der Waals surface area (Å²) >= 11 is 7.07. The zero-order valence-corrected chi connectivity index (χ0v) is 12.8. The molecule has 1 fully saturated rings. The number of benzene rings is 1. The van der Waals surface area contributed by atoms with E-state index in [1.54, 1.807) is 6.92 Å². The second-order valence-corrected chi connectivity index (χ2v) is 6.30. The van der Waals surface area contributed by atoms with Crippen LogP contribution in [-0.4, -0.2) is 22.3 Å². The highest BCUT2D eigenvalue weighted by molar-refractivity contribution is 9.12. The number of urea groups is 1. The SMILES string of the molecule is CC1(C(Br)C(Br)c2ccccc2)NC(=O)NC1=O. The molecule has 0 aromatic heterocycles. The Balaban J connectivity index is 2.24. The van der Waals surface area contributed by atoms with Gasteiger partial charge in [-0.15, -0.1) is 0 Å². The number of rotatable bonds is 3. The van der Waals surface area contributed by atoms with Crippen molar-refractivity contribution < 1.29 is 9.59 Å². The third-order valence-electron chi connectivity index (χ3n) is 3.00. The van der Waals surface area contributed by atoms with Gasteiger partial charge in [0.2, 0.25) is 0 Å². The lowest BCUT2D eigenvalue weighted by Gasteiger charge is -2.30. The molecule has 1 aromatic carbocycles. The van der Waals surface area contributed by atoms with Crippen LogP contribution in [0.15, 0.2) is 30.3 Å². The number of carbonyl (C=O) groups excluding carboxylic acids is 2. The second kappa shape index (κ2) is 5.01. The van der Waals surface area contributed by atoms with Crippen molar-refractivity contribution in [3.8, 4) is 0 Å². The Bertz CT molecular complexity index is 480. The Morgan fingerprint density at radius 3 is 2.28 bits per heavy atom. The topological polar surface area (TPSA) is 58.2 Å². The lowest BCUT2D eigenvalue weighted by molar-refractivity contribution is -0.123. The fourth-order valence-corrected chi connectivity index (χ4v) is 3.31. The van der Waals surface area contributed by atoms with Crippen molar-refractivity contribution in [2.75, 3.05) is 0 Å². The Kier molecular flexibility index (Phi) is 3.77. The molecule has 0 saturated carbocycles. The minimum absolute atomic E-state index is 0.0900. The Labute approximate surface area is 122 Å². The van der Waals surface area contributed by atoms with Gasteiger partial charge >= 0.3 is 6.03 Å². The predicted molar refractivity (Wildman–Crippen MR) is 75.9 cm³/mol. The van der Waals surface area contributed by atoms with Crippen molar-refractivity contribution in [1.82, 2.24) is 10.6 Å².